The lowest BCUT2D eigenvalue weighted by Crippen LogP contribution is -2.55. The molecule has 94 valence electrons. The van der Waals surface area contributed by atoms with Gasteiger partial charge in [-0.3, -0.25) is 4.90 Å². The fourth-order valence-electron chi connectivity index (χ4n) is 2.55. The Hall–Kier alpha value is -0.900. The number of aliphatic hydroxyl groups is 1. The van der Waals surface area contributed by atoms with Gasteiger partial charge in [-0.2, -0.15) is 0 Å². The van der Waals surface area contributed by atoms with Crippen molar-refractivity contribution in [3.05, 3.63) is 35.9 Å². The summed E-state index contributed by atoms with van der Waals surface area (Å²) >= 11 is 0. The van der Waals surface area contributed by atoms with Crippen LogP contribution in [0.3, 0.4) is 0 Å². The summed E-state index contributed by atoms with van der Waals surface area (Å²) in [6, 6.07) is 11.5. The quantitative estimate of drug-likeness (QED) is 0.822. The number of hydrogen-bond donors (Lipinski definition) is 2. The van der Waals surface area contributed by atoms with Crippen LogP contribution in [0.25, 0.3) is 0 Å². The van der Waals surface area contributed by atoms with Gasteiger partial charge in [-0.1, -0.05) is 30.3 Å². The van der Waals surface area contributed by atoms with Gasteiger partial charge in [0.2, 0.25) is 0 Å². The number of nitrogens with zero attached hydrogens (tertiary/aromatic N) is 1. The number of aliphatic hydroxyl groups excluding tert-OH is 1. The molecule has 1 aromatic rings. The Morgan fingerprint density at radius 3 is 2.76 bits per heavy atom. The third kappa shape index (κ3) is 3.28. The minimum Gasteiger partial charge on any atom is -0.396 e. The van der Waals surface area contributed by atoms with Crippen molar-refractivity contribution in [2.24, 2.45) is 0 Å². The predicted octanol–water partition coefficient (Wildman–Crippen LogP) is 1.23. The smallest absolute Gasteiger partial charge is 0.0446 e. The molecule has 17 heavy (non-hydrogen) atoms. The highest BCUT2D eigenvalue weighted by molar-refractivity contribution is 5.15. The van der Waals surface area contributed by atoms with Gasteiger partial charge in [-0.05, 0) is 18.9 Å². The van der Waals surface area contributed by atoms with Crippen molar-refractivity contribution in [2.45, 2.75) is 32.0 Å². The molecule has 3 heteroatoms. The van der Waals surface area contributed by atoms with Gasteiger partial charge in [-0.25, -0.2) is 0 Å². The Kier molecular flexibility index (Phi) is 4.54. The molecule has 2 atom stereocenters. The van der Waals surface area contributed by atoms with Crippen molar-refractivity contribution in [1.82, 2.24) is 10.2 Å². The van der Waals surface area contributed by atoms with E-state index in [-0.39, 0.29) is 6.61 Å². The first kappa shape index (κ1) is 12.6. The molecule has 0 spiro atoms. The van der Waals surface area contributed by atoms with Crippen LogP contribution < -0.4 is 5.32 Å². The fourth-order valence-corrected chi connectivity index (χ4v) is 2.55. The van der Waals surface area contributed by atoms with E-state index in [4.69, 9.17) is 5.11 Å². The SMILES string of the molecule is CC1CNCC(CCO)N1Cc1ccccc1. The van der Waals surface area contributed by atoms with Gasteiger partial charge in [-0.15, -0.1) is 0 Å². The van der Waals surface area contributed by atoms with Crippen LogP contribution in [0.15, 0.2) is 30.3 Å². The molecule has 1 saturated heterocycles. The second-order valence-electron chi connectivity index (χ2n) is 4.83. The van der Waals surface area contributed by atoms with E-state index in [0.717, 1.165) is 26.1 Å². The lowest BCUT2D eigenvalue weighted by Gasteiger charge is -2.41. The summed E-state index contributed by atoms with van der Waals surface area (Å²) in [5, 5.41) is 12.6. The van der Waals surface area contributed by atoms with E-state index < -0.39 is 0 Å². The van der Waals surface area contributed by atoms with E-state index in [2.05, 4.69) is 47.5 Å². The Labute approximate surface area is 103 Å². The maximum Gasteiger partial charge on any atom is 0.0446 e. The molecule has 1 aromatic carbocycles. The van der Waals surface area contributed by atoms with Crippen molar-refractivity contribution in [1.29, 1.82) is 0 Å². The number of rotatable bonds is 4. The molecular formula is C14H22N2O. The van der Waals surface area contributed by atoms with Crippen LogP contribution in [0.1, 0.15) is 18.9 Å². The summed E-state index contributed by atoms with van der Waals surface area (Å²) < 4.78 is 0. The summed E-state index contributed by atoms with van der Waals surface area (Å²) in [7, 11) is 0. The van der Waals surface area contributed by atoms with Crippen LogP contribution in [0.2, 0.25) is 0 Å². The highest BCUT2D eigenvalue weighted by atomic mass is 16.3. The lowest BCUT2D eigenvalue weighted by atomic mass is 10.0. The van der Waals surface area contributed by atoms with E-state index >= 15 is 0 Å². The fraction of sp³-hybridized carbons (Fsp3) is 0.571. The summed E-state index contributed by atoms with van der Waals surface area (Å²) in [5.41, 5.74) is 1.35. The van der Waals surface area contributed by atoms with Gasteiger partial charge in [0.05, 0.1) is 0 Å². The maximum absolute atomic E-state index is 9.13. The zero-order valence-corrected chi connectivity index (χ0v) is 10.5. The molecule has 0 bridgehead atoms. The van der Waals surface area contributed by atoms with E-state index in [9.17, 15) is 0 Å². The van der Waals surface area contributed by atoms with E-state index in [0.29, 0.717) is 12.1 Å². The maximum atomic E-state index is 9.13. The minimum absolute atomic E-state index is 0.268. The molecule has 1 aliphatic rings. The predicted molar refractivity (Wildman–Crippen MR) is 69.8 cm³/mol. The Morgan fingerprint density at radius 1 is 1.29 bits per heavy atom. The molecule has 1 fully saturated rings. The van der Waals surface area contributed by atoms with E-state index in [1.807, 2.05) is 0 Å². The highest BCUT2D eigenvalue weighted by Gasteiger charge is 2.26. The standard InChI is InChI=1S/C14H22N2O/c1-12-9-15-10-14(7-8-17)16(12)11-13-5-3-2-4-6-13/h2-6,12,14-15,17H,7-11H2,1H3. The topological polar surface area (TPSA) is 35.5 Å². The monoisotopic (exact) mass is 234 g/mol. The molecule has 0 saturated carbocycles. The first-order valence-electron chi connectivity index (χ1n) is 6.42. The van der Waals surface area contributed by atoms with Gasteiger partial charge in [0, 0.05) is 38.3 Å². The van der Waals surface area contributed by atoms with Crippen molar-refractivity contribution < 1.29 is 5.11 Å². The van der Waals surface area contributed by atoms with Crippen LogP contribution in [0, 0.1) is 0 Å². The molecule has 1 heterocycles. The van der Waals surface area contributed by atoms with Crippen LogP contribution in [-0.2, 0) is 6.54 Å². The lowest BCUT2D eigenvalue weighted by molar-refractivity contribution is 0.0790. The first-order chi connectivity index (χ1) is 8.31. The molecule has 2 unspecified atom stereocenters. The summed E-state index contributed by atoms with van der Waals surface area (Å²) in [6.45, 7) is 5.52. The van der Waals surface area contributed by atoms with Crippen LogP contribution >= 0.6 is 0 Å². The van der Waals surface area contributed by atoms with Gasteiger partial charge in [0.1, 0.15) is 0 Å². The van der Waals surface area contributed by atoms with Crippen LogP contribution in [0.5, 0.6) is 0 Å². The highest BCUT2D eigenvalue weighted by Crippen LogP contribution is 2.16. The Morgan fingerprint density at radius 2 is 2.06 bits per heavy atom. The number of benzene rings is 1. The molecule has 1 aliphatic heterocycles. The summed E-state index contributed by atoms with van der Waals surface area (Å²) in [6.07, 6.45) is 0.851. The molecule has 0 aliphatic carbocycles. The first-order valence-corrected chi connectivity index (χ1v) is 6.42. The normalized spacial score (nSPS) is 26.0. The minimum atomic E-state index is 0.268. The zero-order chi connectivity index (χ0) is 12.1. The van der Waals surface area contributed by atoms with Crippen LogP contribution in [0.4, 0.5) is 0 Å². The third-order valence-electron chi connectivity index (χ3n) is 3.53. The average molecular weight is 234 g/mol. The van der Waals surface area contributed by atoms with Crippen molar-refractivity contribution in [3.63, 3.8) is 0 Å². The van der Waals surface area contributed by atoms with Gasteiger partial charge in [0.15, 0.2) is 0 Å². The molecule has 2 rings (SSSR count). The Bertz CT molecular complexity index is 326. The summed E-state index contributed by atoms with van der Waals surface area (Å²) in [4.78, 5) is 2.50. The number of hydrogen-bond acceptors (Lipinski definition) is 3. The van der Waals surface area contributed by atoms with Crippen molar-refractivity contribution in [3.8, 4) is 0 Å². The summed E-state index contributed by atoms with van der Waals surface area (Å²) in [5.74, 6) is 0. The molecule has 0 radical (unpaired) electrons. The second kappa shape index (κ2) is 6.15. The van der Waals surface area contributed by atoms with Gasteiger partial charge >= 0.3 is 0 Å². The van der Waals surface area contributed by atoms with Gasteiger partial charge < -0.3 is 10.4 Å². The average Bonchev–Trinajstić information content (AvgIpc) is 2.35. The van der Waals surface area contributed by atoms with E-state index in [1.54, 1.807) is 0 Å². The van der Waals surface area contributed by atoms with E-state index in [1.165, 1.54) is 5.56 Å². The second-order valence-corrected chi connectivity index (χ2v) is 4.83. The third-order valence-corrected chi connectivity index (χ3v) is 3.53. The molecular weight excluding hydrogens is 212 g/mol. The van der Waals surface area contributed by atoms with Crippen LogP contribution in [-0.4, -0.2) is 41.8 Å². The van der Waals surface area contributed by atoms with Crippen molar-refractivity contribution >= 4 is 0 Å². The molecule has 3 nitrogen and oxygen atoms in total. The largest absolute Gasteiger partial charge is 0.396 e. The number of nitrogens with one attached hydrogen (secondary N) is 1. The van der Waals surface area contributed by atoms with Crippen molar-refractivity contribution in [2.75, 3.05) is 19.7 Å². The molecule has 0 amide bonds. The molecule has 0 aromatic heterocycles. The Balaban J connectivity index is 2.04. The van der Waals surface area contributed by atoms with Gasteiger partial charge in [0.25, 0.3) is 0 Å². The zero-order valence-electron chi connectivity index (χ0n) is 10.5. The number of piperazine rings is 1. The molecule has 2 N–H and O–H groups in total.